The summed E-state index contributed by atoms with van der Waals surface area (Å²) in [5.41, 5.74) is 6.44. The Morgan fingerprint density at radius 2 is 2.29 bits per heavy atom. The fourth-order valence-electron chi connectivity index (χ4n) is 1.58. The molecule has 0 radical (unpaired) electrons. The lowest BCUT2D eigenvalue weighted by molar-refractivity contribution is 0.181. The number of benzene rings is 1. The molecule has 1 aromatic carbocycles. The summed E-state index contributed by atoms with van der Waals surface area (Å²) in [4.78, 5) is 0. The number of hydrogen-bond acceptors (Lipinski definition) is 2. The monoisotopic (exact) mass is 217 g/mol. The maximum Gasteiger partial charge on any atom is 0.123 e. The molecule has 0 fully saturated rings. The first-order chi connectivity index (χ1) is 6.29. The van der Waals surface area contributed by atoms with Gasteiger partial charge in [-0.1, -0.05) is 0 Å². The predicted molar refractivity (Wildman–Crippen MR) is 55.4 cm³/mol. The van der Waals surface area contributed by atoms with Crippen molar-refractivity contribution in [3.8, 4) is 5.75 Å². The van der Waals surface area contributed by atoms with Crippen LogP contribution in [0.2, 0.25) is 0 Å². The molecule has 1 atom stereocenters. The van der Waals surface area contributed by atoms with Gasteiger partial charge in [0, 0.05) is 6.54 Å². The van der Waals surface area contributed by atoms with Gasteiger partial charge in [-0.3, -0.25) is 0 Å². The van der Waals surface area contributed by atoms with Crippen LogP contribution in [0.5, 0.6) is 5.75 Å². The van der Waals surface area contributed by atoms with Crippen LogP contribution >= 0.6 is 12.4 Å². The summed E-state index contributed by atoms with van der Waals surface area (Å²) >= 11 is 0. The molecule has 1 unspecified atom stereocenters. The van der Waals surface area contributed by atoms with E-state index in [0.717, 1.165) is 24.2 Å². The molecule has 78 valence electrons. The first kappa shape index (κ1) is 11.3. The van der Waals surface area contributed by atoms with Crippen LogP contribution in [0.15, 0.2) is 18.2 Å². The van der Waals surface area contributed by atoms with Crippen LogP contribution in [0.3, 0.4) is 0 Å². The summed E-state index contributed by atoms with van der Waals surface area (Å²) in [5.74, 6) is 0.580. The van der Waals surface area contributed by atoms with Gasteiger partial charge < -0.3 is 10.5 Å². The molecule has 1 heterocycles. The van der Waals surface area contributed by atoms with Gasteiger partial charge in [0.25, 0.3) is 0 Å². The van der Waals surface area contributed by atoms with Crippen LogP contribution in [0.25, 0.3) is 0 Å². The largest absolute Gasteiger partial charge is 0.489 e. The zero-order valence-corrected chi connectivity index (χ0v) is 8.52. The number of ether oxygens (including phenoxy) is 1. The Kier molecular flexibility index (Phi) is 3.72. The summed E-state index contributed by atoms with van der Waals surface area (Å²) < 4.78 is 18.3. The highest BCUT2D eigenvalue weighted by atomic mass is 35.5. The summed E-state index contributed by atoms with van der Waals surface area (Å²) in [7, 11) is 0. The second-order valence-electron chi connectivity index (χ2n) is 3.27. The fourth-order valence-corrected chi connectivity index (χ4v) is 1.58. The maximum atomic E-state index is 12.8. The second kappa shape index (κ2) is 4.62. The minimum Gasteiger partial charge on any atom is -0.489 e. The van der Waals surface area contributed by atoms with E-state index in [-0.39, 0.29) is 24.3 Å². The molecule has 2 nitrogen and oxygen atoms in total. The van der Waals surface area contributed by atoms with Gasteiger partial charge in [-0.05, 0) is 36.6 Å². The molecule has 1 aliphatic heterocycles. The Labute approximate surface area is 88.7 Å². The van der Waals surface area contributed by atoms with E-state index < -0.39 is 0 Å². The average Bonchev–Trinajstić information content (AvgIpc) is 2.17. The van der Waals surface area contributed by atoms with Crippen LogP contribution in [0, 0.1) is 5.82 Å². The van der Waals surface area contributed by atoms with Crippen molar-refractivity contribution in [3.05, 3.63) is 29.6 Å². The van der Waals surface area contributed by atoms with Gasteiger partial charge in [-0.15, -0.1) is 12.4 Å². The van der Waals surface area contributed by atoms with Gasteiger partial charge in [-0.2, -0.15) is 0 Å². The highest BCUT2D eigenvalue weighted by Crippen LogP contribution is 2.27. The van der Waals surface area contributed by atoms with Crippen molar-refractivity contribution in [2.24, 2.45) is 5.73 Å². The third kappa shape index (κ3) is 2.16. The van der Waals surface area contributed by atoms with Crippen LogP contribution in [0.4, 0.5) is 4.39 Å². The lowest BCUT2D eigenvalue weighted by Gasteiger charge is -2.24. The Morgan fingerprint density at radius 1 is 1.50 bits per heavy atom. The van der Waals surface area contributed by atoms with Crippen LogP contribution < -0.4 is 10.5 Å². The highest BCUT2D eigenvalue weighted by Gasteiger charge is 2.18. The molecule has 2 N–H and O–H groups in total. The van der Waals surface area contributed by atoms with Crippen molar-refractivity contribution in [1.82, 2.24) is 0 Å². The zero-order chi connectivity index (χ0) is 9.26. The smallest absolute Gasteiger partial charge is 0.123 e. The van der Waals surface area contributed by atoms with Crippen LogP contribution in [0.1, 0.15) is 12.0 Å². The van der Waals surface area contributed by atoms with E-state index >= 15 is 0 Å². The van der Waals surface area contributed by atoms with Crippen molar-refractivity contribution in [2.75, 3.05) is 6.54 Å². The molecule has 0 spiro atoms. The molecule has 0 amide bonds. The number of fused-ring (bicyclic) bond motifs is 1. The van der Waals surface area contributed by atoms with Crippen molar-refractivity contribution < 1.29 is 9.13 Å². The summed E-state index contributed by atoms with van der Waals surface area (Å²) in [6.45, 7) is 0.525. The maximum absolute atomic E-state index is 12.8. The molecule has 0 saturated heterocycles. The number of halogens is 2. The van der Waals surface area contributed by atoms with E-state index in [4.69, 9.17) is 10.5 Å². The number of nitrogens with two attached hydrogens (primary N) is 1. The Morgan fingerprint density at radius 3 is 3.00 bits per heavy atom. The zero-order valence-electron chi connectivity index (χ0n) is 7.70. The molecule has 0 bridgehead atoms. The Balaban J connectivity index is 0.000000980. The van der Waals surface area contributed by atoms with Gasteiger partial charge >= 0.3 is 0 Å². The molecule has 0 saturated carbocycles. The molecular weight excluding hydrogens is 205 g/mol. The molecule has 14 heavy (non-hydrogen) atoms. The van der Waals surface area contributed by atoms with Crippen molar-refractivity contribution in [1.29, 1.82) is 0 Å². The molecular formula is C10H13ClFNO. The van der Waals surface area contributed by atoms with Gasteiger partial charge in [0.15, 0.2) is 0 Å². The van der Waals surface area contributed by atoms with Crippen molar-refractivity contribution in [3.63, 3.8) is 0 Å². The summed E-state index contributed by atoms with van der Waals surface area (Å²) in [6.07, 6.45) is 1.83. The number of hydrogen-bond donors (Lipinski definition) is 1. The first-order valence-electron chi connectivity index (χ1n) is 4.45. The third-order valence-electron chi connectivity index (χ3n) is 2.31. The standard InChI is InChI=1S/C10H12FNO.ClH/c11-8-2-4-10-7(5-8)1-3-9(6-12)13-10;/h2,4-5,9H,1,3,6,12H2;1H. The lowest BCUT2D eigenvalue weighted by atomic mass is 10.0. The average molecular weight is 218 g/mol. The van der Waals surface area contributed by atoms with E-state index in [9.17, 15) is 4.39 Å². The normalized spacial score (nSPS) is 19.1. The summed E-state index contributed by atoms with van der Waals surface area (Å²) in [6, 6.07) is 4.62. The SMILES string of the molecule is Cl.NCC1CCc2cc(F)ccc2O1. The van der Waals surface area contributed by atoms with Crippen molar-refractivity contribution >= 4 is 12.4 Å². The van der Waals surface area contributed by atoms with Gasteiger partial charge in [0.2, 0.25) is 0 Å². The number of rotatable bonds is 1. The minimum absolute atomic E-state index is 0. The number of aryl methyl sites for hydroxylation is 1. The molecule has 4 heteroatoms. The fraction of sp³-hybridized carbons (Fsp3) is 0.400. The van der Waals surface area contributed by atoms with E-state index in [1.54, 1.807) is 6.07 Å². The quantitative estimate of drug-likeness (QED) is 0.780. The minimum atomic E-state index is -0.200. The lowest BCUT2D eigenvalue weighted by Crippen LogP contribution is -2.30. The van der Waals surface area contributed by atoms with E-state index in [0.29, 0.717) is 6.54 Å². The highest BCUT2D eigenvalue weighted by molar-refractivity contribution is 5.85. The van der Waals surface area contributed by atoms with Gasteiger partial charge in [-0.25, -0.2) is 4.39 Å². The molecule has 2 rings (SSSR count). The Hall–Kier alpha value is -0.800. The second-order valence-corrected chi connectivity index (χ2v) is 3.27. The van der Waals surface area contributed by atoms with Crippen molar-refractivity contribution in [2.45, 2.75) is 18.9 Å². The third-order valence-corrected chi connectivity index (χ3v) is 2.31. The van der Waals surface area contributed by atoms with Crippen LogP contribution in [-0.2, 0) is 6.42 Å². The van der Waals surface area contributed by atoms with Crippen LogP contribution in [-0.4, -0.2) is 12.6 Å². The molecule has 1 aliphatic rings. The van der Waals surface area contributed by atoms with E-state index in [1.165, 1.54) is 12.1 Å². The molecule has 0 aliphatic carbocycles. The first-order valence-corrected chi connectivity index (χ1v) is 4.45. The van der Waals surface area contributed by atoms with E-state index in [2.05, 4.69) is 0 Å². The van der Waals surface area contributed by atoms with Gasteiger partial charge in [0.05, 0.1) is 0 Å². The molecule has 0 aromatic heterocycles. The molecule has 1 aromatic rings. The summed E-state index contributed by atoms with van der Waals surface area (Å²) in [5, 5.41) is 0. The topological polar surface area (TPSA) is 35.2 Å². The van der Waals surface area contributed by atoms with Gasteiger partial charge in [0.1, 0.15) is 17.7 Å². The van der Waals surface area contributed by atoms with E-state index in [1.807, 2.05) is 0 Å². The predicted octanol–water partition coefficient (Wildman–Crippen LogP) is 1.90. The Bertz CT molecular complexity index is 319.